The molecule has 0 radical (unpaired) electrons. The lowest BCUT2D eigenvalue weighted by Crippen LogP contribution is -2.31. The third-order valence-corrected chi connectivity index (χ3v) is 6.98. The lowest BCUT2D eigenvalue weighted by Gasteiger charge is -2.31. The molecule has 2 atom stereocenters. The third kappa shape index (κ3) is 4.97. The van der Waals surface area contributed by atoms with E-state index in [1.54, 1.807) is 12.2 Å². The third-order valence-electron chi connectivity index (χ3n) is 4.97. The van der Waals surface area contributed by atoms with Crippen LogP contribution in [-0.2, 0) is 14.8 Å². The van der Waals surface area contributed by atoms with Crippen LogP contribution in [0.5, 0.6) is 5.75 Å². The number of fused-ring (bicyclic) bond motifs is 1. The van der Waals surface area contributed by atoms with Crippen molar-refractivity contribution in [1.82, 2.24) is 4.31 Å². The first-order valence-corrected chi connectivity index (χ1v) is 12.0. The molecule has 1 aromatic rings. The number of carbonyl (C=O) groups is 1. The summed E-state index contributed by atoms with van der Waals surface area (Å²) >= 11 is 8.30. The normalized spacial score (nSPS) is 23.4. The summed E-state index contributed by atoms with van der Waals surface area (Å²) in [6.45, 7) is 4.29. The van der Waals surface area contributed by atoms with Gasteiger partial charge < -0.3 is 10.1 Å². The van der Waals surface area contributed by atoms with Crippen molar-refractivity contribution >= 4 is 49.1 Å². The number of nitrogens with zero attached hydrogens (tertiary/aromatic N) is 1. The summed E-state index contributed by atoms with van der Waals surface area (Å²) in [7, 11) is -3.50. The highest BCUT2D eigenvalue weighted by Gasteiger charge is 2.50. The van der Waals surface area contributed by atoms with Gasteiger partial charge in [0.15, 0.2) is 0 Å². The first kappa shape index (κ1) is 23.0. The molecule has 1 heterocycles. The first-order valence-electron chi connectivity index (χ1n) is 8.90. The predicted molar refractivity (Wildman–Crippen MR) is 114 cm³/mol. The first-order chi connectivity index (χ1) is 13.7. The number of alkyl halides is 4. The zero-order chi connectivity index (χ0) is 22.5. The molecule has 1 amide bonds. The molecule has 0 spiro atoms. The second-order valence-electron chi connectivity index (χ2n) is 7.90. The molecule has 3 rings (SSSR count). The van der Waals surface area contributed by atoms with Crippen molar-refractivity contribution in [1.29, 1.82) is 0 Å². The summed E-state index contributed by atoms with van der Waals surface area (Å²) in [5.74, 6) is -0.732. The van der Waals surface area contributed by atoms with Crippen LogP contribution >= 0.6 is 27.5 Å². The minimum absolute atomic E-state index is 0.113. The van der Waals surface area contributed by atoms with Crippen molar-refractivity contribution in [3.8, 4) is 5.75 Å². The van der Waals surface area contributed by atoms with Gasteiger partial charge in [-0.15, -0.1) is 8.78 Å². The number of rotatable bonds is 5. The SMILES string of the molecule is CC1(C)CN(S(C)(=O)=O)C2=CC(C(=O)Nc3ccc(OC(F)(F)Cl)cc3)=CC(Br)C21. The number of halogens is 4. The van der Waals surface area contributed by atoms with E-state index in [-0.39, 0.29) is 21.9 Å². The topological polar surface area (TPSA) is 75.7 Å². The maximum Gasteiger partial charge on any atom is 0.487 e. The van der Waals surface area contributed by atoms with Gasteiger partial charge in [-0.1, -0.05) is 35.9 Å². The van der Waals surface area contributed by atoms with Crippen LogP contribution in [0, 0.1) is 11.3 Å². The molecule has 1 aliphatic carbocycles. The lowest BCUT2D eigenvalue weighted by atomic mass is 9.76. The molecule has 2 unspecified atom stereocenters. The summed E-state index contributed by atoms with van der Waals surface area (Å²) in [5, 5.41) is 2.66. The molecule has 2 aliphatic rings. The fraction of sp³-hybridized carbons (Fsp3) is 0.421. The zero-order valence-corrected chi connectivity index (χ0v) is 19.5. The van der Waals surface area contributed by atoms with Gasteiger partial charge in [0.1, 0.15) is 5.75 Å². The molecule has 1 N–H and O–H groups in total. The summed E-state index contributed by atoms with van der Waals surface area (Å²) in [4.78, 5) is 12.5. The second kappa shape index (κ2) is 7.80. The molecule has 30 heavy (non-hydrogen) atoms. The van der Waals surface area contributed by atoms with E-state index in [2.05, 4.69) is 26.0 Å². The maximum absolute atomic E-state index is 12.7. The molecule has 6 nitrogen and oxygen atoms in total. The Morgan fingerprint density at radius 3 is 2.47 bits per heavy atom. The maximum atomic E-state index is 12.7. The Hall–Kier alpha value is -1.65. The molecule has 0 bridgehead atoms. The zero-order valence-electron chi connectivity index (χ0n) is 16.3. The Balaban J connectivity index is 1.82. The average Bonchev–Trinajstić information content (AvgIpc) is 2.87. The van der Waals surface area contributed by atoms with Gasteiger partial charge in [-0.3, -0.25) is 9.10 Å². The van der Waals surface area contributed by atoms with Crippen molar-refractivity contribution < 1.29 is 26.7 Å². The standard InChI is InChI=1S/C19H20BrClF2N2O4S/c1-18(2)10-25(30(3,27)28)15-9-11(8-14(20)16(15)18)17(26)24-12-4-6-13(7-5-12)29-19(21,22)23/h4-9,14,16H,10H2,1-3H3,(H,24,26). The van der Waals surface area contributed by atoms with Gasteiger partial charge in [0.2, 0.25) is 10.0 Å². The highest BCUT2D eigenvalue weighted by Crippen LogP contribution is 2.50. The minimum atomic E-state index is -3.83. The van der Waals surface area contributed by atoms with Crippen LogP contribution < -0.4 is 10.1 Å². The number of nitrogens with one attached hydrogen (secondary N) is 1. The van der Waals surface area contributed by atoms with E-state index >= 15 is 0 Å². The van der Waals surface area contributed by atoms with E-state index in [9.17, 15) is 22.0 Å². The minimum Gasteiger partial charge on any atom is -0.420 e. The van der Waals surface area contributed by atoms with Crippen molar-refractivity contribution in [3.05, 3.63) is 47.7 Å². The highest BCUT2D eigenvalue weighted by molar-refractivity contribution is 9.09. The molecule has 1 aliphatic heterocycles. The number of sulfonamides is 1. The van der Waals surface area contributed by atoms with Gasteiger partial charge in [-0.2, -0.15) is 0 Å². The van der Waals surface area contributed by atoms with Crippen LogP contribution in [0.25, 0.3) is 0 Å². The van der Waals surface area contributed by atoms with Crippen LogP contribution in [0.1, 0.15) is 13.8 Å². The number of ether oxygens (including phenoxy) is 1. The number of amides is 1. The van der Waals surface area contributed by atoms with Crippen LogP contribution in [0.15, 0.2) is 47.7 Å². The van der Waals surface area contributed by atoms with E-state index in [0.29, 0.717) is 23.5 Å². The number of hydrogen-bond donors (Lipinski definition) is 1. The molecule has 1 aromatic carbocycles. The van der Waals surface area contributed by atoms with Gasteiger partial charge in [-0.25, -0.2) is 8.42 Å². The van der Waals surface area contributed by atoms with Crippen LogP contribution in [0.4, 0.5) is 14.5 Å². The van der Waals surface area contributed by atoms with Gasteiger partial charge in [0, 0.05) is 45.8 Å². The molecular formula is C19H20BrClF2N2O4S. The summed E-state index contributed by atoms with van der Waals surface area (Å²) in [5.41, 5.74) is -2.94. The van der Waals surface area contributed by atoms with Crippen LogP contribution in [-0.4, -0.2) is 41.8 Å². The van der Waals surface area contributed by atoms with E-state index in [4.69, 9.17) is 11.6 Å². The fourth-order valence-corrected chi connectivity index (χ4v) is 6.22. The van der Waals surface area contributed by atoms with Crippen LogP contribution in [0.2, 0.25) is 0 Å². The number of hydrogen-bond acceptors (Lipinski definition) is 4. The fourth-order valence-electron chi connectivity index (χ4n) is 3.74. The van der Waals surface area contributed by atoms with Gasteiger partial charge >= 0.3 is 5.57 Å². The Kier molecular flexibility index (Phi) is 5.98. The van der Waals surface area contributed by atoms with Crippen LogP contribution in [0.3, 0.4) is 0 Å². The molecule has 0 saturated carbocycles. The van der Waals surface area contributed by atoms with Gasteiger partial charge in [0.05, 0.1) is 6.26 Å². The molecule has 1 fully saturated rings. The summed E-state index contributed by atoms with van der Waals surface area (Å²) in [6.07, 6.45) is 4.46. The van der Waals surface area contributed by atoms with E-state index in [1.165, 1.54) is 28.6 Å². The quantitative estimate of drug-likeness (QED) is 0.582. The molecule has 164 valence electrons. The van der Waals surface area contributed by atoms with Crippen molar-refractivity contribution in [3.63, 3.8) is 0 Å². The molecule has 0 aromatic heterocycles. The average molecular weight is 526 g/mol. The second-order valence-corrected chi connectivity index (χ2v) is 11.3. The molecule has 11 heteroatoms. The summed E-state index contributed by atoms with van der Waals surface area (Å²) < 4.78 is 55.5. The number of benzene rings is 1. The van der Waals surface area contributed by atoms with E-state index < -0.39 is 21.5 Å². The Labute approximate surface area is 187 Å². The van der Waals surface area contributed by atoms with Crippen molar-refractivity contribution in [2.24, 2.45) is 11.3 Å². The smallest absolute Gasteiger partial charge is 0.420 e. The monoisotopic (exact) mass is 524 g/mol. The number of carbonyl (C=O) groups excluding carboxylic acids is 1. The number of anilines is 1. The van der Waals surface area contributed by atoms with E-state index in [1.807, 2.05) is 13.8 Å². The van der Waals surface area contributed by atoms with E-state index in [0.717, 1.165) is 6.26 Å². The van der Waals surface area contributed by atoms with Crippen molar-refractivity contribution in [2.75, 3.05) is 18.1 Å². The van der Waals surface area contributed by atoms with Crippen molar-refractivity contribution in [2.45, 2.75) is 24.2 Å². The Morgan fingerprint density at radius 1 is 1.33 bits per heavy atom. The highest BCUT2D eigenvalue weighted by atomic mass is 79.9. The number of allylic oxidation sites excluding steroid dienone is 2. The Bertz CT molecular complexity index is 1020. The Morgan fingerprint density at radius 2 is 1.93 bits per heavy atom. The predicted octanol–water partition coefficient (Wildman–Crippen LogP) is 4.30. The lowest BCUT2D eigenvalue weighted by molar-refractivity contribution is -0.112. The molecule has 1 saturated heterocycles. The van der Waals surface area contributed by atoms with Gasteiger partial charge in [-0.05, 0) is 35.8 Å². The van der Waals surface area contributed by atoms with Gasteiger partial charge in [0.25, 0.3) is 5.91 Å². The molecular weight excluding hydrogens is 506 g/mol. The largest absolute Gasteiger partial charge is 0.487 e. The summed E-state index contributed by atoms with van der Waals surface area (Å²) in [6, 6.07) is 5.27.